The van der Waals surface area contributed by atoms with Crippen LogP contribution < -0.4 is 5.32 Å². The van der Waals surface area contributed by atoms with E-state index in [-0.39, 0.29) is 16.7 Å². The minimum Gasteiger partial charge on any atom is -0.464 e. The van der Waals surface area contributed by atoms with Crippen LogP contribution in [-0.2, 0) is 19.2 Å². The van der Waals surface area contributed by atoms with E-state index in [1.54, 1.807) is 0 Å². The number of nitrogens with zero attached hydrogens (tertiary/aromatic N) is 3. The van der Waals surface area contributed by atoms with Crippen LogP contribution in [0.1, 0.15) is 5.82 Å². The fourth-order valence-electron chi connectivity index (χ4n) is 0.784. The van der Waals surface area contributed by atoms with Gasteiger partial charge in [-0.1, -0.05) is 5.16 Å². The maximum Gasteiger partial charge on any atom is 0.364 e. The molecule has 1 N–H and O–H groups in total. The van der Waals surface area contributed by atoms with Gasteiger partial charge >= 0.3 is 5.97 Å². The number of aromatic nitrogens is 2. The van der Waals surface area contributed by atoms with Crippen LogP contribution in [0, 0.1) is 0 Å². The number of anilines is 1. The number of methoxy groups -OCH3 is 1. The maximum atomic E-state index is 11.8. The number of nitrogens with one attached hydrogen (secondary N) is 1. The lowest BCUT2D eigenvalue weighted by atomic mass is 10.4. The highest BCUT2D eigenvalue weighted by Gasteiger charge is 2.21. The van der Waals surface area contributed by atoms with Crippen molar-refractivity contribution in [3.63, 3.8) is 0 Å². The third-order valence-corrected chi connectivity index (χ3v) is 2.05. The molecule has 1 aromatic heterocycles. The summed E-state index contributed by atoms with van der Waals surface area (Å²) in [5, 5.41) is 5.59. The van der Waals surface area contributed by atoms with Gasteiger partial charge < -0.3 is 14.9 Å². The van der Waals surface area contributed by atoms with E-state index in [0.717, 1.165) is 18.6 Å². The highest BCUT2D eigenvalue weighted by atomic mass is 32.1. The van der Waals surface area contributed by atoms with Crippen molar-refractivity contribution < 1.29 is 23.6 Å². The molecule has 0 aliphatic rings. The molecule has 0 atom stereocenters. The lowest BCUT2D eigenvalue weighted by molar-refractivity contribution is -0.132. The molecule has 1 heterocycles. The Kier molecular flexibility index (Phi) is 4.94. The Morgan fingerprint density at radius 3 is 3.06 bits per heavy atom. The van der Waals surface area contributed by atoms with E-state index >= 15 is 0 Å². The van der Waals surface area contributed by atoms with Gasteiger partial charge in [0.05, 0.1) is 7.11 Å². The van der Waals surface area contributed by atoms with Crippen molar-refractivity contribution in [2.45, 2.75) is 0 Å². The first-order chi connectivity index (χ1) is 8.22. The minimum absolute atomic E-state index is 0.125. The molecule has 0 fully saturated rings. The second-order valence-electron chi connectivity index (χ2n) is 2.36. The molecule has 8 nitrogen and oxygen atoms in total. The second kappa shape index (κ2) is 6.48. The van der Waals surface area contributed by atoms with Gasteiger partial charge in [0.2, 0.25) is 23.1 Å². The molecule has 0 unspecified atom stereocenters. The van der Waals surface area contributed by atoms with Crippen molar-refractivity contribution >= 4 is 34.8 Å². The topological polar surface area (TPSA) is 103 Å². The predicted octanol–water partition coefficient (Wildman–Crippen LogP) is -0.0729. The fraction of sp³-hybridized carbons (Fsp3) is 0.286. The molecule has 1 rings (SSSR count). The number of rotatable bonds is 6. The van der Waals surface area contributed by atoms with Crippen LogP contribution in [0.4, 0.5) is 9.52 Å². The number of ether oxygens (including phenoxy) is 1. The number of alkyl halides is 1. The summed E-state index contributed by atoms with van der Waals surface area (Å²) < 4.78 is 19.9. The van der Waals surface area contributed by atoms with Crippen molar-refractivity contribution in [3.8, 4) is 0 Å². The Labute approximate surface area is 98.6 Å². The molecule has 0 saturated heterocycles. The molecule has 92 valence electrons. The molecule has 0 spiro atoms. The van der Waals surface area contributed by atoms with E-state index in [0.29, 0.717) is 6.41 Å². The van der Waals surface area contributed by atoms with Gasteiger partial charge in [-0.3, -0.25) is 4.79 Å². The van der Waals surface area contributed by atoms with Gasteiger partial charge in [0.15, 0.2) is 0 Å². The summed E-state index contributed by atoms with van der Waals surface area (Å²) >= 11 is 0.822. The average Bonchev–Trinajstić information content (AvgIpc) is 2.78. The Morgan fingerprint density at radius 1 is 1.71 bits per heavy atom. The maximum absolute atomic E-state index is 11.8. The molecular formula is C7H7FN4O4S. The first-order valence-electron chi connectivity index (χ1n) is 4.11. The lowest BCUT2D eigenvalue weighted by Crippen LogP contribution is -2.19. The number of hydrogen-bond acceptors (Lipinski definition) is 8. The van der Waals surface area contributed by atoms with Crippen LogP contribution in [0.25, 0.3) is 0 Å². The fourth-order valence-corrected chi connectivity index (χ4v) is 1.31. The Balaban J connectivity index is 2.95. The van der Waals surface area contributed by atoms with Crippen molar-refractivity contribution in [1.29, 1.82) is 0 Å². The molecule has 1 amide bonds. The van der Waals surface area contributed by atoms with E-state index in [9.17, 15) is 14.0 Å². The molecule has 0 aromatic carbocycles. The van der Waals surface area contributed by atoms with Gasteiger partial charge in [0, 0.05) is 11.5 Å². The smallest absolute Gasteiger partial charge is 0.364 e. The summed E-state index contributed by atoms with van der Waals surface area (Å²) in [5.74, 6) is -1.01. The number of amides is 1. The zero-order chi connectivity index (χ0) is 12.7. The quantitative estimate of drug-likeness (QED) is 0.333. The molecule has 1 aromatic rings. The first kappa shape index (κ1) is 13.0. The Bertz CT molecular complexity index is 435. The molecule has 17 heavy (non-hydrogen) atoms. The first-order valence-corrected chi connectivity index (χ1v) is 4.88. The second-order valence-corrected chi connectivity index (χ2v) is 3.11. The summed E-state index contributed by atoms with van der Waals surface area (Å²) in [7, 11) is 1.12. The predicted molar refractivity (Wildman–Crippen MR) is 55.2 cm³/mol. The van der Waals surface area contributed by atoms with Crippen LogP contribution in [0.3, 0.4) is 0 Å². The van der Waals surface area contributed by atoms with Gasteiger partial charge in [0.1, 0.15) is 0 Å². The SMILES string of the molecule is COC(=O)/C(=N\OCF)c1nsc(NC=O)n1. The van der Waals surface area contributed by atoms with Crippen LogP contribution in [0.2, 0.25) is 0 Å². The van der Waals surface area contributed by atoms with Crippen molar-refractivity contribution in [1.82, 2.24) is 9.36 Å². The number of hydrogen-bond donors (Lipinski definition) is 1. The zero-order valence-electron chi connectivity index (χ0n) is 8.55. The molecule has 10 heteroatoms. The van der Waals surface area contributed by atoms with Crippen LogP contribution in [0.5, 0.6) is 0 Å². The van der Waals surface area contributed by atoms with Crippen LogP contribution >= 0.6 is 11.5 Å². The standard InChI is InChI=1S/C7H7FN4O4S/c1-15-6(14)4(11-16-2-8)5-10-7(9-3-13)17-12-5/h3H,2H2,1H3,(H,9,10,12,13)/b11-4-. The van der Waals surface area contributed by atoms with Crippen molar-refractivity contribution in [2.75, 3.05) is 19.3 Å². The Hall–Kier alpha value is -2.10. The van der Waals surface area contributed by atoms with Crippen LogP contribution in [-0.4, -0.2) is 41.4 Å². The van der Waals surface area contributed by atoms with Crippen LogP contribution in [0.15, 0.2) is 5.16 Å². The van der Waals surface area contributed by atoms with Gasteiger partial charge in [-0.2, -0.15) is 9.36 Å². The summed E-state index contributed by atoms with van der Waals surface area (Å²) in [5.41, 5.74) is -0.389. The Morgan fingerprint density at radius 2 is 2.47 bits per heavy atom. The van der Waals surface area contributed by atoms with Gasteiger partial charge in [0.25, 0.3) is 6.86 Å². The lowest BCUT2D eigenvalue weighted by Gasteiger charge is -1.98. The normalized spacial score (nSPS) is 10.8. The molecule has 0 radical (unpaired) electrons. The number of carbonyl (C=O) groups is 2. The van der Waals surface area contributed by atoms with E-state index in [1.165, 1.54) is 0 Å². The number of halogens is 1. The number of carbonyl (C=O) groups excluding carboxylic acids is 2. The third kappa shape index (κ3) is 3.45. The zero-order valence-corrected chi connectivity index (χ0v) is 9.36. The van der Waals surface area contributed by atoms with E-state index in [2.05, 4.69) is 29.4 Å². The third-order valence-electron chi connectivity index (χ3n) is 1.40. The monoisotopic (exact) mass is 262 g/mol. The highest BCUT2D eigenvalue weighted by molar-refractivity contribution is 7.10. The molecular weight excluding hydrogens is 255 g/mol. The largest absolute Gasteiger partial charge is 0.464 e. The van der Waals surface area contributed by atoms with Gasteiger partial charge in [-0.05, 0) is 0 Å². The molecule has 0 aliphatic carbocycles. The van der Waals surface area contributed by atoms with E-state index < -0.39 is 12.8 Å². The average molecular weight is 262 g/mol. The van der Waals surface area contributed by atoms with E-state index in [4.69, 9.17) is 0 Å². The molecule has 0 aliphatic heterocycles. The van der Waals surface area contributed by atoms with Gasteiger partial charge in [-0.15, -0.1) is 0 Å². The highest BCUT2D eigenvalue weighted by Crippen LogP contribution is 2.11. The van der Waals surface area contributed by atoms with Crippen molar-refractivity contribution in [3.05, 3.63) is 5.82 Å². The number of esters is 1. The summed E-state index contributed by atoms with van der Waals surface area (Å²) in [4.78, 5) is 29.3. The summed E-state index contributed by atoms with van der Waals surface area (Å²) in [6.07, 6.45) is 0.400. The van der Waals surface area contributed by atoms with E-state index in [1.807, 2.05) is 0 Å². The molecule has 0 bridgehead atoms. The minimum atomic E-state index is -1.20. The summed E-state index contributed by atoms with van der Waals surface area (Å²) in [6, 6.07) is 0. The number of oxime groups is 1. The summed E-state index contributed by atoms with van der Waals surface area (Å²) in [6.45, 7) is -1.20. The molecule has 0 saturated carbocycles. The van der Waals surface area contributed by atoms with Crippen molar-refractivity contribution in [2.24, 2.45) is 5.16 Å². The van der Waals surface area contributed by atoms with Gasteiger partial charge in [-0.25, -0.2) is 9.18 Å².